The zero-order valence-electron chi connectivity index (χ0n) is 8.59. The van der Waals surface area contributed by atoms with E-state index in [1.807, 2.05) is 0 Å². The molecule has 0 atom stereocenters. The van der Waals surface area contributed by atoms with Crippen molar-refractivity contribution in [3.8, 4) is 5.75 Å². The van der Waals surface area contributed by atoms with E-state index >= 15 is 0 Å². The number of aromatic nitrogens is 4. The summed E-state index contributed by atoms with van der Waals surface area (Å²) in [6.07, 6.45) is 0. The Morgan fingerprint density at radius 2 is 2.31 bits per heavy atom. The predicted molar refractivity (Wildman–Crippen MR) is 53.9 cm³/mol. The summed E-state index contributed by atoms with van der Waals surface area (Å²) in [5.41, 5.74) is 5.97. The maximum Gasteiger partial charge on any atom is 0.212 e. The maximum absolute atomic E-state index is 12.9. The van der Waals surface area contributed by atoms with E-state index in [2.05, 4.69) is 15.4 Å². The highest BCUT2D eigenvalue weighted by Crippen LogP contribution is 2.22. The van der Waals surface area contributed by atoms with Crippen LogP contribution in [0.15, 0.2) is 18.2 Å². The topological polar surface area (TPSA) is 78.8 Å². The van der Waals surface area contributed by atoms with Gasteiger partial charge >= 0.3 is 0 Å². The summed E-state index contributed by atoms with van der Waals surface area (Å²) in [5, 5.41) is 11.3. The number of tetrazole rings is 1. The van der Waals surface area contributed by atoms with Gasteiger partial charge in [-0.05, 0) is 17.3 Å². The molecule has 2 rings (SSSR count). The molecule has 0 spiro atoms. The third kappa shape index (κ3) is 2.25. The van der Waals surface area contributed by atoms with Crippen LogP contribution in [0.4, 0.5) is 10.1 Å². The molecule has 0 radical (unpaired) electrons. The van der Waals surface area contributed by atoms with E-state index in [9.17, 15) is 4.39 Å². The zero-order valence-corrected chi connectivity index (χ0v) is 8.59. The number of ether oxygens (including phenoxy) is 1. The van der Waals surface area contributed by atoms with Crippen LogP contribution >= 0.6 is 0 Å². The molecule has 0 saturated heterocycles. The van der Waals surface area contributed by atoms with E-state index in [1.165, 1.54) is 23.0 Å². The fraction of sp³-hybridized carbons (Fsp3) is 0.222. The van der Waals surface area contributed by atoms with Crippen molar-refractivity contribution in [1.29, 1.82) is 0 Å². The van der Waals surface area contributed by atoms with E-state index in [-0.39, 0.29) is 12.4 Å². The first-order valence-corrected chi connectivity index (χ1v) is 4.56. The highest BCUT2D eigenvalue weighted by atomic mass is 19.1. The number of anilines is 1. The first-order chi connectivity index (χ1) is 7.65. The molecule has 7 heteroatoms. The minimum atomic E-state index is -0.406. The molecule has 0 fully saturated rings. The number of nitrogens with zero attached hydrogens (tertiary/aromatic N) is 4. The van der Waals surface area contributed by atoms with Crippen molar-refractivity contribution in [2.24, 2.45) is 7.05 Å². The zero-order chi connectivity index (χ0) is 11.5. The fourth-order valence-corrected chi connectivity index (χ4v) is 1.16. The van der Waals surface area contributed by atoms with Crippen molar-refractivity contribution in [2.75, 3.05) is 5.73 Å². The lowest BCUT2D eigenvalue weighted by Gasteiger charge is -2.06. The molecule has 0 aliphatic heterocycles. The summed E-state index contributed by atoms with van der Waals surface area (Å²) in [6, 6.07) is 3.92. The molecule has 1 heterocycles. The van der Waals surface area contributed by atoms with Crippen molar-refractivity contribution in [1.82, 2.24) is 20.2 Å². The molecule has 0 unspecified atom stereocenters. The molecular weight excluding hydrogens is 213 g/mol. The highest BCUT2D eigenvalue weighted by Gasteiger charge is 2.05. The first-order valence-electron chi connectivity index (χ1n) is 4.56. The second-order valence-electron chi connectivity index (χ2n) is 3.17. The lowest BCUT2D eigenvalue weighted by atomic mass is 10.3. The molecule has 1 aromatic heterocycles. The van der Waals surface area contributed by atoms with E-state index in [0.717, 1.165) is 0 Å². The van der Waals surface area contributed by atoms with Gasteiger partial charge in [0.2, 0.25) is 5.82 Å². The van der Waals surface area contributed by atoms with E-state index < -0.39 is 5.82 Å². The second kappa shape index (κ2) is 4.13. The standard InChI is InChI=1S/C9H10FN5O/c1-15-13-9(12-14-15)5-16-8-4-6(10)2-3-7(8)11/h2-4H,5,11H2,1H3. The maximum atomic E-state index is 12.9. The minimum Gasteiger partial charge on any atom is -0.483 e. The smallest absolute Gasteiger partial charge is 0.212 e. The summed E-state index contributed by atoms with van der Waals surface area (Å²) in [7, 11) is 1.65. The molecule has 2 N–H and O–H groups in total. The number of hydrogen-bond acceptors (Lipinski definition) is 5. The molecule has 2 aromatic rings. The molecule has 0 aliphatic rings. The van der Waals surface area contributed by atoms with Crippen LogP contribution in [0.2, 0.25) is 0 Å². The third-order valence-corrected chi connectivity index (χ3v) is 1.88. The van der Waals surface area contributed by atoms with Crippen LogP contribution in [-0.4, -0.2) is 20.2 Å². The summed E-state index contributed by atoms with van der Waals surface area (Å²) in [5.74, 6) is 0.273. The highest BCUT2D eigenvalue weighted by molar-refractivity contribution is 5.52. The molecule has 0 amide bonds. The first kappa shape index (κ1) is 10.3. The average Bonchev–Trinajstić information content (AvgIpc) is 2.66. The van der Waals surface area contributed by atoms with Gasteiger partial charge in [-0.25, -0.2) is 4.39 Å². The van der Waals surface area contributed by atoms with Crippen LogP contribution in [-0.2, 0) is 13.7 Å². The molecule has 6 nitrogen and oxygen atoms in total. The summed E-state index contributed by atoms with van der Waals surface area (Å²) >= 11 is 0. The van der Waals surface area contributed by atoms with Crippen LogP contribution in [0.3, 0.4) is 0 Å². The van der Waals surface area contributed by atoms with Crippen molar-refractivity contribution in [2.45, 2.75) is 6.61 Å². The van der Waals surface area contributed by atoms with Crippen LogP contribution in [0.25, 0.3) is 0 Å². The van der Waals surface area contributed by atoms with Gasteiger partial charge < -0.3 is 10.5 Å². The van der Waals surface area contributed by atoms with Crippen LogP contribution in [0.1, 0.15) is 5.82 Å². The van der Waals surface area contributed by atoms with Gasteiger partial charge in [-0.3, -0.25) is 0 Å². The number of aryl methyl sites for hydroxylation is 1. The molecular formula is C9H10FN5O. The van der Waals surface area contributed by atoms with Gasteiger partial charge in [0.25, 0.3) is 0 Å². The van der Waals surface area contributed by atoms with Crippen molar-refractivity contribution >= 4 is 5.69 Å². The van der Waals surface area contributed by atoms with Crippen molar-refractivity contribution in [3.63, 3.8) is 0 Å². The number of rotatable bonds is 3. The van der Waals surface area contributed by atoms with Gasteiger partial charge in [-0.2, -0.15) is 4.80 Å². The average molecular weight is 223 g/mol. The summed E-state index contributed by atoms with van der Waals surface area (Å²) in [6.45, 7) is 0.0987. The molecule has 0 bridgehead atoms. The molecule has 0 aliphatic carbocycles. The van der Waals surface area contributed by atoms with Crippen LogP contribution < -0.4 is 10.5 Å². The fourth-order valence-electron chi connectivity index (χ4n) is 1.16. The predicted octanol–water partition coefficient (Wildman–Crippen LogP) is 0.510. The van der Waals surface area contributed by atoms with Gasteiger partial charge in [-0.1, -0.05) is 0 Å². The minimum absolute atomic E-state index is 0.0987. The van der Waals surface area contributed by atoms with Crippen LogP contribution in [0.5, 0.6) is 5.75 Å². The Labute approximate surface area is 90.8 Å². The molecule has 1 aromatic carbocycles. The van der Waals surface area contributed by atoms with E-state index in [1.54, 1.807) is 7.05 Å². The Bertz CT molecular complexity index is 498. The number of halogens is 1. The number of nitrogen functional groups attached to an aromatic ring is 1. The Morgan fingerprint density at radius 3 is 3.00 bits per heavy atom. The lowest BCUT2D eigenvalue weighted by molar-refractivity contribution is 0.295. The molecule has 16 heavy (non-hydrogen) atoms. The Morgan fingerprint density at radius 1 is 1.50 bits per heavy atom. The molecule has 84 valence electrons. The summed E-state index contributed by atoms with van der Waals surface area (Å²) < 4.78 is 18.2. The summed E-state index contributed by atoms with van der Waals surface area (Å²) in [4.78, 5) is 1.31. The van der Waals surface area contributed by atoms with Gasteiger partial charge in [0.15, 0.2) is 6.61 Å². The Kier molecular flexibility index (Phi) is 2.67. The van der Waals surface area contributed by atoms with Gasteiger partial charge in [-0.15, -0.1) is 10.2 Å². The number of nitrogens with two attached hydrogens (primary N) is 1. The quantitative estimate of drug-likeness (QED) is 0.767. The van der Waals surface area contributed by atoms with E-state index in [4.69, 9.17) is 10.5 Å². The monoisotopic (exact) mass is 223 g/mol. The van der Waals surface area contributed by atoms with Gasteiger partial charge in [0.1, 0.15) is 11.6 Å². The third-order valence-electron chi connectivity index (χ3n) is 1.88. The largest absolute Gasteiger partial charge is 0.483 e. The SMILES string of the molecule is Cn1nnc(COc2cc(F)ccc2N)n1. The Balaban J connectivity index is 2.07. The van der Waals surface area contributed by atoms with Crippen molar-refractivity contribution < 1.29 is 9.13 Å². The number of hydrogen-bond donors (Lipinski definition) is 1. The lowest BCUT2D eigenvalue weighted by Crippen LogP contribution is -2.01. The van der Waals surface area contributed by atoms with Crippen molar-refractivity contribution in [3.05, 3.63) is 29.8 Å². The molecule has 0 saturated carbocycles. The van der Waals surface area contributed by atoms with Gasteiger partial charge in [0.05, 0.1) is 12.7 Å². The Hall–Kier alpha value is -2.18. The number of benzene rings is 1. The van der Waals surface area contributed by atoms with E-state index in [0.29, 0.717) is 11.5 Å². The van der Waals surface area contributed by atoms with Gasteiger partial charge in [0, 0.05) is 6.07 Å². The van der Waals surface area contributed by atoms with Crippen LogP contribution in [0, 0.1) is 5.82 Å². The second-order valence-corrected chi connectivity index (χ2v) is 3.17. The normalized spacial score (nSPS) is 10.4.